The predicted molar refractivity (Wildman–Crippen MR) is 63.3 cm³/mol. The average Bonchev–Trinajstić information content (AvgIpc) is 2.60. The number of hydrogen-bond acceptors (Lipinski definition) is 2. The molecule has 1 aliphatic rings. The molecule has 2 rings (SSSR count). The first-order valence-corrected chi connectivity index (χ1v) is 5.62. The Morgan fingerprint density at radius 2 is 1.73 bits per heavy atom. The highest BCUT2D eigenvalue weighted by Gasteiger charge is 2.20. The summed E-state index contributed by atoms with van der Waals surface area (Å²) >= 11 is 17.6. The average molecular weight is 265 g/mol. The molecule has 0 bridgehead atoms. The van der Waals surface area contributed by atoms with E-state index in [0.29, 0.717) is 34.6 Å². The lowest BCUT2D eigenvalue weighted by Gasteiger charge is -2.17. The summed E-state index contributed by atoms with van der Waals surface area (Å²) in [5.41, 5.74) is 0.847. The number of ketones is 1. The maximum atomic E-state index is 11.1. The number of carbonyl (C=O) groups excluding carboxylic acids is 1. The van der Waals surface area contributed by atoms with Crippen molar-refractivity contribution in [2.24, 2.45) is 0 Å². The minimum atomic E-state index is 0.234. The lowest BCUT2D eigenvalue weighted by molar-refractivity contribution is -0.116. The molecule has 0 N–H and O–H groups in total. The van der Waals surface area contributed by atoms with E-state index in [0.717, 1.165) is 5.69 Å². The molecule has 1 aromatic carbocycles. The van der Waals surface area contributed by atoms with Crippen LogP contribution >= 0.6 is 34.8 Å². The number of hydrogen-bond donors (Lipinski definition) is 0. The van der Waals surface area contributed by atoms with Crippen LogP contribution in [0, 0.1) is 0 Å². The van der Waals surface area contributed by atoms with Crippen molar-refractivity contribution < 1.29 is 4.79 Å². The summed E-state index contributed by atoms with van der Waals surface area (Å²) in [7, 11) is 0. The van der Waals surface area contributed by atoms with Crippen molar-refractivity contribution in [3.05, 3.63) is 27.2 Å². The molecule has 0 radical (unpaired) electrons. The van der Waals surface area contributed by atoms with Crippen LogP contribution in [-0.4, -0.2) is 18.9 Å². The maximum Gasteiger partial charge on any atom is 0.153 e. The molecule has 1 aliphatic heterocycles. The van der Waals surface area contributed by atoms with E-state index in [2.05, 4.69) is 0 Å². The molecule has 0 atom stereocenters. The Bertz CT molecular complexity index is 396. The molecule has 1 fully saturated rings. The molecule has 2 nitrogen and oxygen atoms in total. The third-order valence-electron chi connectivity index (χ3n) is 2.36. The standard InChI is InChI=1S/C10H8Cl3NO/c11-8-3-6(4-9(12)10(8)13)14-2-1-7(15)5-14/h3-4H,1-2,5H2. The summed E-state index contributed by atoms with van der Waals surface area (Å²) in [6, 6.07) is 3.46. The molecule has 0 unspecified atom stereocenters. The van der Waals surface area contributed by atoms with Crippen molar-refractivity contribution in [2.75, 3.05) is 18.0 Å². The van der Waals surface area contributed by atoms with Gasteiger partial charge < -0.3 is 4.90 Å². The van der Waals surface area contributed by atoms with Gasteiger partial charge in [0.05, 0.1) is 21.6 Å². The molecule has 1 heterocycles. The van der Waals surface area contributed by atoms with Crippen LogP contribution < -0.4 is 4.90 Å². The van der Waals surface area contributed by atoms with Crippen molar-refractivity contribution in [2.45, 2.75) is 6.42 Å². The van der Waals surface area contributed by atoms with Gasteiger partial charge in [0.15, 0.2) is 5.78 Å². The number of halogens is 3. The minimum absolute atomic E-state index is 0.234. The second kappa shape index (κ2) is 4.20. The molecule has 80 valence electrons. The fourth-order valence-electron chi connectivity index (χ4n) is 1.58. The van der Waals surface area contributed by atoms with Crippen LogP contribution in [0.25, 0.3) is 0 Å². The highest BCUT2D eigenvalue weighted by atomic mass is 35.5. The largest absolute Gasteiger partial charge is 0.364 e. The normalized spacial score (nSPS) is 16.2. The van der Waals surface area contributed by atoms with Crippen molar-refractivity contribution >= 4 is 46.3 Å². The van der Waals surface area contributed by atoms with Crippen LogP contribution in [0.1, 0.15) is 6.42 Å². The van der Waals surface area contributed by atoms with Crippen LogP contribution in [0.15, 0.2) is 12.1 Å². The molecule has 0 amide bonds. The molecular weight excluding hydrogens is 256 g/mol. The Hall–Kier alpha value is -0.440. The molecule has 1 saturated heterocycles. The van der Waals surface area contributed by atoms with E-state index >= 15 is 0 Å². The van der Waals surface area contributed by atoms with Crippen LogP contribution in [0.5, 0.6) is 0 Å². The third kappa shape index (κ3) is 2.22. The van der Waals surface area contributed by atoms with Gasteiger partial charge in [-0.25, -0.2) is 0 Å². The fraction of sp³-hybridized carbons (Fsp3) is 0.300. The summed E-state index contributed by atoms with van der Waals surface area (Å²) in [6.45, 7) is 1.14. The molecule has 15 heavy (non-hydrogen) atoms. The smallest absolute Gasteiger partial charge is 0.153 e. The Morgan fingerprint density at radius 3 is 2.20 bits per heavy atom. The Labute approximate surface area is 103 Å². The SMILES string of the molecule is O=C1CCN(c2cc(Cl)c(Cl)c(Cl)c2)C1. The van der Waals surface area contributed by atoms with E-state index < -0.39 is 0 Å². The molecule has 1 aromatic rings. The van der Waals surface area contributed by atoms with Crippen molar-refractivity contribution in [3.63, 3.8) is 0 Å². The molecule has 0 spiro atoms. The highest BCUT2D eigenvalue weighted by Crippen LogP contribution is 2.35. The molecule has 5 heteroatoms. The van der Waals surface area contributed by atoms with Crippen LogP contribution in [0.4, 0.5) is 5.69 Å². The van der Waals surface area contributed by atoms with Gasteiger partial charge in [-0.1, -0.05) is 34.8 Å². The van der Waals surface area contributed by atoms with Crippen molar-refractivity contribution in [1.29, 1.82) is 0 Å². The van der Waals surface area contributed by atoms with Crippen LogP contribution in [0.2, 0.25) is 15.1 Å². The number of rotatable bonds is 1. The number of benzene rings is 1. The number of nitrogens with zero attached hydrogens (tertiary/aromatic N) is 1. The van der Waals surface area contributed by atoms with Crippen LogP contribution in [0.3, 0.4) is 0 Å². The van der Waals surface area contributed by atoms with Gasteiger partial charge in [-0.15, -0.1) is 0 Å². The monoisotopic (exact) mass is 263 g/mol. The highest BCUT2D eigenvalue weighted by molar-refractivity contribution is 6.48. The fourth-order valence-corrected chi connectivity index (χ4v) is 2.16. The van der Waals surface area contributed by atoms with Crippen molar-refractivity contribution in [3.8, 4) is 0 Å². The van der Waals surface area contributed by atoms with Gasteiger partial charge in [-0.2, -0.15) is 0 Å². The molecule has 0 saturated carbocycles. The zero-order valence-corrected chi connectivity index (χ0v) is 10.0. The van der Waals surface area contributed by atoms with E-state index in [1.165, 1.54) is 0 Å². The number of Topliss-reactive ketones (excluding diaryl/α,β-unsaturated/α-hetero) is 1. The summed E-state index contributed by atoms with van der Waals surface area (Å²) < 4.78 is 0. The predicted octanol–water partition coefficient (Wildman–Crippen LogP) is 3.43. The molecule has 0 aliphatic carbocycles. The minimum Gasteiger partial charge on any atom is -0.364 e. The van der Waals surface area contributed by atoms with Gasteiger partial charge in [0.25, 0.3) is 0 Å². The zero-order chi connectivity index (χ0) is 11.0. The first kappa shape index (κ1) is 11.1. The first-order chi connectivity index (χ1) is 7.08. The Morgan fingerprint density at radius 1 is 1.13 bits per heavy atom. The van der Waals surface area contributed by atoms with Crippen molar-refractivity contribution in [1.82, 2.24) is 0 Å². The van der Waals surface area contributed by atoms with Gasteiger partial charge in [-0.05, 0) is 12.1 Å². The lowest BCUT2D eigenvalue weighted by Crippen LogP contribution is -2.19. The summed E-state index contributed by atoms with van der Waals surface area (Å²) in [5, 5.41) is 1.18. The van der Waals surface area contributed by atoms with Gasteiger partial charge in [-0.3, -0.25) is 4.79 Å². The van der Waals surface area contributed by atoms with E-state index in [4.69, 9.17) is 34.8 Å². The Balaban J connectivity index is 2.33. The van der Waals surface area contributed by atoms with E-state index in [-0.39, 0.29) is 5.78 Å². The van der Waals surface area contributed by atoms with Gasteiger partial charge in [0.2, 0.25) is 0 Å². The number of carbonyl (C=O) groups is 1. The maximum absolute atomic E-state index is 11.1. The second-order valence-corrected chi connectivity index (χ2v) is 4.63. The van der Waals surface area contributed by atoms with Crippen LogP contribution in [-0.2, 0) is 4.79 Å². The lowest BCUT2D eigenvalue weighted by atomic mass is 10.3. The van der Waals surface area contributed by atoms with Gasteiger partial charge in [0.1, 0.15) is 0 Å². The van der Waals surface area contributed by atoms with E-state index in [9.17, 15) is 4.79 Å². The topological polar surface area (TPSA) is 20.3 Å². The quantitative estimate of drug-likeness (QED) is 0.724. The first-order valence-electron chi connectivity index (χ1n) is 4.49. The Kier molecular flexibility index (Phi) is 3.10. The third-order valence-corrected chi connectivity index (χ3v) is 3.56. The number of anilines is 1. The second-order valence-electron chi connectivity index (χ2n) is 3.43. The van der Waals surface area contributed by atoms with E-state index in [1.807, 2.05) is 4.90 Å². The van der Waals surface area contributed by atoms with Gasteiger partial charge >= 0.3 is 0 Å². The van der Waals surface area contributed by atoms with Gasteiger partial charge in [0, 0.05) is 18.7 Å². The van der Waals surface area contributed by atoms with E-state index in [1.54, 1.807) is 12.1 Å². The summed E-state index contributed by atoms with van der Waals surface area (Å²) in [4.78, 5) is 13.1. The summed E-state index contributed by atoms with van der Waals surface area (Å²) in [5.74, 6) is 0.234. The molecule has 0 aromatic heterocycles. The summed E-state index contributed by atoms with van der Waals surface area (Å²) in [6.07, 6.45) is 0.581. The zero-order valence-electron chi connectivity index (χ0n) is 7.77. The molecular formula is C10H8Cl3NO.